The van der Waals surface area contributed by atoms with E-state index in [4.69, 9.17) is 16.3 Å². The Hall–Kier alpha value is -3.48. The van der Waals surface area contributed by atoms with Crippen molar-refractivity contribution in [1.29, 1.82) is 0 Å². The van der Waals surface area contributed by atoms with Gasteiger partial charge in [0.25, 0.3) is 11.5 Å². The fourth-order valence-corrected chi connectivity index (χ4v) is 4.77. The molecule has 1 aromatic heterocycles. The number of amides is 1. The molecule has 1 aliphatic rings. The number of nitrogens with zero attached hydrogens (tertiary/aromatic N) is 3. The van der Waals surface area contributed by atoms with Crippen LogP contribution < -0.4 is 19.5 Å². The Morgan fingerprint density at radius 3 is 2.56 bits per heavy atom. The summed E-state index contributed by atoms with van der Waals surface area (Å²) in [6, 6.07) is 9.13. The van der Waals surface area contributed by atoms with Gasteiger partial charge in [-0.3, -0.25) is 14.5 Å². The van der Waals surface area contributed by atoms with Gasteiger partial charge in [-0.2, -0.15) is 0 Å². The number of aliphatic hydroxyl groups is 1. The van der Waals surface area contributed by atoms with E-state index in [2.05, 4.69) is 0 Å². The quantitative estimate of drug-likeness (QED) is 0.494. The second-order valence-corrected chi connectivity index (χ2v) is 10.3. The number of anilines is 2. The first-order chi connectivity index (χ1) is 17.0. The molecule has 0 atom stereocenters. The van der Waals surface area contributed by atoms with Crippen LogP contribution >= 0.6 is 11.6 Å². The Labute approximate surface area is 209 Å². The molecule has 3 aromatic rings. The zero-order chi connectivity index (χ0) is 26.2. The van der Waals surface area contributed by atoms with Gasteiger partial charge in [0, 0.05) is 17.8 Å². The maximum atomic E-state index is 13.8. The van der Waals surface area contributed by atoms with Gasteiger partial charge in [0.1, 0.15) is 42.3 Å². The predicted molar refractivity (Wildman–Crippen MR) is 129 cm³/mol. The van der Waals surface area contributed by atoms with E-state index in [0.29, 0.717) is 11.3 Å². The van der Waals surface area contributed by atoms with Gasteiger partial charge in [-0.15, -0.1) is 0 Å². The molecule has 190 valence electrons. The topological polar surface area (TPSA) is 109 Å². The number of benzene rings is 2. The van der Waals surface area contributed by atoms with Crippen LogP contribution in [0.3, 0.4) is 0 Å². The summed E-state index contributed by atoms with van der Waals surface area (Å²) < 4.78 is 59.2. The third-order valence-corrected chi connectivity index (χ3v) is 6.99. The minimum Gasteiger partial charge on any atom is -0.487 e. The minimum atomic E-state index is -3.73. The van der Waals surface area contributed by atoms with Crippen molar-refractivity contribution >= 4 is 38.9 Å². The molecule has 0 spiro atoms. The van der Waals surface area contributed by atoms with Crippen LogP contribution in [0.2, 0.25) is 5.02 Å². The van der Waals surface area contributed by atoms with Crippen LogP contribution in [0.5, 0.6) is 5.75 Å². The lowest BCUT2D eigenvalue weighted by Gasteiger charge is -2.17. The number of ether oxygens (including phenoxy) is 1. The molecule has 0 saturated carbocycles. The van der Waals surface area contributed by atoms with Crippen LogP contribution in [0.1, 0.15) is 11.1 Å². The van der Waals surface area contributed by atoms with Crippen molar-refractivity contribution in [2.75, 3.05) is 28.7 Å². The Balaban J connectivity index is 1.58. The van der Waals surface area contributed by atoms with Crippen LogP contribution in [0, 0.1) is 11.6 Å². The molecule has 2 heterocycles. The van der Waals surface area contributed by atoms with Gasteiger partial charge in [0.2, 0.25) is 10.0 Å². The average Bonchev–Trinajstić information content (AvgIpc) is 3.21. The van der Waals surface area contributed by atoms with E-state index < -0.39 is 39.7 Å². The largest absolute Gasteiger partial charge is 0.487 e. The van der Waals surface area contributed by atoms with Gasteiger partial charge in [-0.25, -0.2) is 21.5 Å². The highest BCUT2D eigenvalue weighted by molar-refractivity contribution is 7.92. The van der Waals surface area contributed by atoms with Crippen molar-refractivity contribution in [3.8, 4) is 5.75 Å². The molecule has 0 unspecified atom stereocenters. The van der Waals surface area contributed by atoms with E-state index >= 15 is 0 Å². The highest BCUT2D eigenvalue weighted by Crippen LogP contribution is 2.38. The molecular formula is C23H20ClF2N3O6S. The number of rotatable bonds is 7. The minimum absolute atomic E-state index is 0.0111. The molecule has 0 fully saturated rings. The first kappa shape index (κ1) is 25.6. The zero-order valence-electron chi connectivity index (χ0n) is 18.8. The smallest absolute Gasteiger partial charge is 0.273 e. The molecule has 1 N–H and O–H groups in total. The summed E-state index contributed by atoms with van der Waals surface area (Å²) in [6.07, 6.45) is 2.41. The summed E-state index contributed by atoms with van der Waals surface area (Å²) in [5.74, 6) is -2.17. The van der Waals surface area contributed by atoms with E-state index in [1.165, 1.54) is 35.0 Å². The number of aliphatic hydroxyl groups excluding tert-OH is 1. The number of hydrogen-bond acceptors (Lipinski definition) is 6. The first-order valence-electron chi connectivity index (χ1n) is 10.5. The SMILES string of the molecule is CS(=O)(=O)N1CN(C(=O)CO)c2ccc(Cn3ccc(OCc4ccc(F)cc4F)c(Cl)c3=O)cc21. The summed E-state index contributed by atoms with van der Waals surface area (Å²) in [7, 11) is -3.73. The van der Waals surface area contributed by atoms with Gasteiger partial charge in [-0.1, -0.05) is 17.7 Å². The first-order valence-corrected chi connectivity index (χ1v) is 12.7. The number of halogens is 3. The highest BCUT2D eigenvalue weighted by atomic mass is 35.5. The summed E-state index contributed by atoms with van der Waals surface area (Å²) in [5, 5.41) is 8.96. The molecule has 4 rings (SSSR count). The molecule has 1 aliphatic heterocycles. The fourth-order valence-electron chi connectivity index (χ4n) is 3.72. The Kier molecular flexibility index (Phi) is 7.03. The fraction of sp³-hybridized carbons (Fsp3) is 0.217. The van der Waals surface area contributed by atoms with E-state index in [1.54, 1.807) is 6.07 Å². The Morgan fingerprint density at radius 2 is 1.89 bits per heavy atom. The molecular weight excluding hydrogens is 520 g/mol. The van der Waals surface area contributed by atoms with Gasteiger partial charge < -0.3 is 14.4 Å². The lowest BCUT2D eigenvalue weighted by molar-refractivity contribution is -0.121. The van der Waals surface area contributed by atoms with E-state index in [9.17, 15) is 31.9 Å². The van der Waals surface area contributed by atoms with E-state index in [0.717, 1.165) is 27.6 Å². The van der Waals surface area contributed by atoms with Gasteiger partial charge in [0.15, 0.2) is 0 Å². The van der Waals surface area contributed by atoms with Crippen molar-refractivity contribution < 1.29 is 31.8 Å². The van der Waals surface area contributed by atoms with Crippen molar-refractivity contribution in [3.63, 3.8) is 0 Å². The predicted octanol–water partition coefficient (Wildman–Crippen LogP) is 2.47. The van der Waals surface area contributed by atoms with E-state index in [1.807, 2.05) is 0 Å². The van der Waals surface area contributed by atoms with Crippen molar-refractivity contribution in [2.24, 2.45) is 0 Å². The number of sulfonamides is 1. The summed E-state index contributed by atoms with van der Waals surface area (Å²) in [4.78, 5) is 26.0. The highest BCUT2D eigenvalue weighted by Gasteiger charge is 2.34. The molecule has 13 heteroatoms. The molecule has 0 radical (unpaired) electrons. The van der Waals surface area contributed by atoms with Gasteiger partial charge in [-0.05, 0) is 35.9 Å². The van der Waals surface area contributed by atoms with Crippen molar-refractivity contribution in [3.05, 3.63) is 86.8 Å². The monoisotopic (exact) mass is 539 g/mol. The lowest BCUT2D eigenvalue weighted by atomic mass is 10.1. The van der Waals surface area contributed by atoms with Crippen molar-refractivity contribution in [2.45, 2.75) is 13.2 Å². The standard InChI is InChI=1S/C23H20ClF2N3O6S/c1-36(33,34)29-13-28(21(31)11-30)18-5-2-14(8-19(18)29)10-27-7-6-20(22(24)23(27)32)35-12-15-3-4-16(25)9-17(15)26/h2-9,30H,10-13H2,1H3. The maximum Gasteiger partial charge on any atom is 0.273 e. The normalized spacial score (nSPS) is 13.1. The number of aromatic nitrogens is 1. The third kappa shape index (κ3) is 5.06. The maximum absolute atomic E-state index is 13.8. The van der Waals surface area contributed by atoms with E-state index in [-0.39, 0.29) is 41.8 Å². The lowest BCUT2D eigenvalue weighted by Crippen LogP contribution is -2.39. The summed E-state index contributed by atoms with van der Waals surface area (Å²) in [5.41, 5.74) is 0.564. The number of fused-ring (bicyclic) bond motifs is 1. The number of pyridine rings is 1. The molecule has 0 saturated heterocycles. The number of carbonyl (C=O) groups excluding carboxylic acids is 1. The number of hydrogen-bond donors (Lipinski definition) is 1. The Bertz CT molecular complexity index is 1510. The Morgan fingerprint density at radius 1 is 1.14 bits per heavy atom. The van der Waals surface area contributed by atoms with Gasteiger partial charge >= 0.3 is 0 Å². The summed E-state index contributed by atoms with van der Waals surface area (Å²) in [6.45, 7) is -1.31. The molecule has 0 aliphatic carbocycles. The zero-order valence-corrected chi connectivity index (χ0v) is 20.4. The molecule has 0 bridgehead atoms. The molecule has 2 aromatic carbocycles. The van der Waals surface area contributed by atoms with Crippen LogP contribution in [-0.2, 0) is 28.0 Å². The average molecular weight is 540 g/mol. The van der Waals surface area contributed by atoms with Gasteiger partial charge in [0.05, 0.1) is 24.2 Å². The molecule has 36 heavy (non-hydrogen) atoms. The number of carbonyl (C=O) groups is 1. The third-order valence-electron chi connectivity index (χ3n) is 5.53. The second kappa shape index (κ2) is 9.88. The second-order valence-electron chi connectivity index (χ2n) is 8.01. The van der Waals surface area contributed by atoms with Crippen molar-refractivity contribution in [1.82, 2.24) is 4.57 Å². The molecule has 9 nitrogen and oxygen atoms in total. The van der Waals surface area contributed by atoms with Crippen LogP contribution in [-0.4, -0.2) is 43.5 Å². The molecule has 1 amide bonds. The van der Waals surface area contributed by atoms with Crippen LogP contribution in [0.15, 0.2) is 53.5 Å². The van der Waals surface area contributed by atoms with Crippen LogP contribution in [0.4, 0.5) is 20.2 Å². The van der Waals surface area contributed by atoms with Crippen LogP contribution in [0.25, 0.3) is 0 Å². The summed E-state index contributed by atoms with van der Waals surface area (Å²) >= 11 is 6.18.